The average Bonchev–Trinajstić information content (AvgIpc) is 2.45. The summed E-state index contributed by atoms with van der Waals surface area (Å²) in [5.41, 5.74) is 5.48. The van der Waals surface area contributed by atoms with Crippen LogP contribution in [0.1, 0.15) is 31.0 Å². The lowest BCUT2D eigenvalue weighted by atomic mass is 10.00. The first kappa shape index (κ1) is 17.9. The van der Waals surface area contributed by atoms with Gasteiger partial charge in [0.15, 0.2) is 0 Å². The zero-order valence-electron chi connectivity index (χ0n) is 12.5. The van der Waals surface area contributed by atoms with Gasteiger partial charge in [-0.2, -0.15) is 13.2 Å². The summed E-state index contributed by atoms with van der Waals surface area (Å²) in [6, 6.07) is 4.81. The number of nitrogens with two attached hydrogens (primary N) is 1. The highest BCUT2D eigenvalue weighted by molar-refractivity contribution is 5.32. The average molecular weight is 304 g/mol. The fourth-order valence-corrected chi connectivity index (χ4v) is 2.17. The van der Waals surface area contributed by atoms with E-state index in [-0.39, 0.29) is 5.56 Å². The molecule has 1 aromatic rings. The van der Waals surface area contributed by atoms with Crippen molar-refractivity contribution in [2.24, 2.45) is 5.73 Å². The quantitative estimate of drug-likeness (QED) is 0.750. The number of halogens is 3. The molecule has 0 aromatic heterocycles. The van der Waals surface area contributed by atoms with Crippen LogP contribution in [-0.4, -0.2) is 37.7 Å². The highest BCUT2D eigenvalue weighted by Crippen LogP contribution is 2.34. The summed E-state index contributed by atoms with van der Waals surface area (Å²) < 4.78 is 44.2. The van der Waals surface area contributed by atoms with Crippen LogP contribution in [0.5, 0.6) is 0 Å². The van der Waals surface area contributed by atoms with E-state index in [2.05, 4.69) is 0 Å². The van der Waals surface area contributed by atoms with E-state index in [0.29, 0.717) is 26.3 Å². The normalized spacial score (nSPS) is 13.7. The predicted octanol–water partition coefficient (Wildman–Crippen LogP) is 3.06. The van der Waals surface area contributed by atoms with Gasteiger partial charge in [0.25, 0.3) is 0 Å². The van der Waals surface area contributed by atoms with Crippen molar-refractivity contribution in [2.75, 3.05) is 32.8 Å². The van der Waals surface area contributed by atoms with Crippen molar-refractivity contribution in [3.63, 3.8) is 0 Å². The third-order valence-corrected chi connectivity index (χ3v) is 3.32. The third kappa shape index (κ3) is 5.65. The van der Waals surface area contributed by atoms with Gasteiger partial charge in [-0.15, -0.1) is 0 Å². The second-order valence-electron chi connectivity index (χ2n) is 4.78. The Balaban J connectivity index is 2.76. The lowest BCUT2D eigenvalue weighted by molar-refractivity contribution is -0.138. The Morgan fingerprint density at radius 3 is 2.48 bits per heavy atom. The zero-order chi connectivity index (χ0) is 15.9. The van der Waals surface area contributed by atoms with E-state index in [1.165, 1.54) is 12.1 Å². The Labute approximate surface area is 123 Å². The predicted molar refractivity (Wildman–Crippen MR) is 77.0 cm³/mol. The molecule has 2 N–H and O–H groups in total. The molecule has 0 heterocycles. The van der Waals surface area contributed by atoms with Crippen LogP contribution in [0.3, 0.4) is 0 Å². The van der Waals surface area contributed by atoms with E-state index >= 15 is 0 Å². The molecule has 1 aromatic carbocycles. The van der Waals surface area contributed by atoms with E-state index in [0.717, 1.165) is 12.6 Å². The molecule has 0 amide bonds. The van der Waals surface area contributed by atoms with Crippen molar-refractivity contribution in [1.29, 1.82) is 0 Å². The van der Waals surface area contributed by atoms with Gasteiger partial charge in [0.1, 0.15) is 0 Å². The van der Waals surface area contributed by atoms with Gasteiger partial charge in [-0.05, 0) is 25.1 Å². The smallest absolute Gasteiger partial charge is 0.380 e. The molecule has 6 heteroatoms. The summed E-state index contributed by atoms with van der Waals surface area (Å²) in [7, 11) is 0. The molecule has 3 nitrogen and oxygen atoms in total. The Morgan fingerprint density at radius 1 is 1.24 bits per heavy atom. The minimum Gasteiger partial charge on any atom is -0.380 e. The molecular formula is C15H23F3N2O. The molecule has 1 atom stereocenters. The van der Waals surface area contributed by atoms with Crippen LogP contribution in [0.4, 0.5) is 13.2 Å². The molecule has 0 radical (unpaired) electrons. The number of likely N-dealkylation sites (N-methyl/N-ethyl adjacent to an activating group) is 1. The maximum atomic E-state index is 13.0. The third-order valence-electron chi connectivity index (χ3n) is 3.32. The lowest BCUT2D eigenvalue weighted by Crippen LogP contribution is -2.35. The van der Waals surface area contributed by atoms with Crippen molar-refractivity contribution >= 4 is 0 Å². The summed E-state index contributed by atoms with van der Waals surface area (Å²) in [6.07, 6.45) is -4.38. The maximum Gasteiger partial charge on any atom is 0.416 e. The molecule has 0 fully saturated rings. The van der Waals surface area contributed by atoms with E-state index < -0.39 is 17.8 Å². The Bertz CT molecular complexity index is 424. The largest absolute Gasteiger partial charge is 0.416 e. The number of rotatable bonds is 8. The summed E-state index contributed by atoms with van der Waals surface area (Å²) in [4.78, 5) is 1.99. The number of benzene rings is 1. The molecule has 120 valence electrons. The van der Waals surface area contributed by atoms with Crippen molar-refractivity contribution in [3.05, 3.63) is 35.4 Å². The van der Waals surface area contributed by atoms with E-state index in [1.807, 2.05) is 18.7 Å². The zero-order valence-corrected chi connectivity index (χ0v) is 12.5. The molecule has 21 heavy (non-hydrogen) atoms. The summed E-state index contributed by atoms with van der Waals surface area (Å²) in [5, 5.41) is 0. The molecule has 0 aliphatic heterocycles. The Hall–Kier alpha value is -1.11. The van der Waals surface area contributed by atoms with Crippen LogP contribution >= 0.6 is 0 Å². The molecule has 0 aliphatic rings. The second-order valence-corrected chi connectivity index (χ2v) is 4.78. The van der Waals surface area contributed by atoms with Crippen LogP contribution in [0.2, 0.25) is 0 Å². The monoisotopic (exact) mass is 304 g/mol. The first-order valence-corrected chi connectivity index (χ1v) is 7.11. The van der Waals surface area contributed by atoms with Crippen LogP contribution in [-0.2, 0) is 10.9 Å². The number of ether oxygens (including phenoxy) is 1. The number of nitrogens with zero attached hydrogens (tertiary/aromatic N) is 1. The lowest BCUT2D eigenvalue weighted by Gasteiger charge is -2.26. The van der Waals surface area contributed by atoms with Gasteiger partial charge in [0.2, 0.25) is 0 Å². The number of hydrogen-bond donors (Lipinski definition) is 1. The van der Waals surface area contributed by atoms with Crippen LogP contribution in [0.15, 0.2) is 24.3 Å². The van der Waals surface area contributed by atoms with E-state index in [1.54, 1.807) is 6.07 Å². The summed E-state index contributed by atoms with van der Waals surface area (Å²) >= 11 is 0. The molecule has 0 bridgehead atoms. The van der Waals surface area contributed by atoms with Gasteiger partial charge >= 0.3 is 6.18 Å². The molecule has 0 spiro atoms. The molecule has 1 rings (SSSR count). The SMILES string of the molecule is CCOCCN(CC)CC(N)c1ccccc1C(F)(F)F. The molecular weight excluding hydrogens is 281 g/mol. The van der Waals surface area contributed by atoms with Crippen molar-refractivity contribution in [1.82, 2.24) is 4.90 Å². The molecule has 0 saturated heterocycles. The number of alkyl halides is 3. The van der Waals surface area contributed by atoms with Crippen molar-refractivity contribution < 1.29 is 17.9 Å². The van der Waals surface area contributed by atoms with Crippen LogP contribution in [0, 0.1) is 0 Å². The van der Waals surface area contributed by atoms with Crippen LogP contribution < -0.4 is 5.73 Å². The van der Waals surface area contributed by atoms with Crippen molar-refractivity contribution in [3.8, 4) is 0 Å². The molecule has 0 saturated carbocycles. The fourth-order valence-electron chi connectivity index (χ4n) is 2.17. The molecule has 0 aliphatic carbocycles. The van der Waals surface area contributed by atoms with Gasteiger partial charge in [-0.3, -0.25) is 4.90 Å². The Morgan fingerprint density at radius 2 is 1.90 bits per heavy atom. The minimum absolute atomic E-state index is 0.139. The number of hydrogen-bond acceptors (Lipinski definition) is 3. The molecule has 1 unspecified atom stereocenters. The van der Waals surface area contributed by atoms with Crippen LogP contribution in [0.25, 0.3) is 0 Å². The summed E-state index contributed by atoms with van der Waals surface area (Å²) in [6.45, 7) is 6.78. The van der Waals surface area contributed by atoms with Gasteiger partial charge in [-0.1, -0.05) is 25.1 Å². The highest BCUT2D eigenvalue weighted by atomic mass is 19.4. The standard InChI is InChI=1S/C15H23F3N2O/c1-3-20(9-10-21-4-2)11-14(19)12-7-5-6-8-13(12)15(16,17)18/h5-8,14H,3-4,9-11,19H2,1-2H3. The fraction of sp³-hybridized carbons (Fsp3) is 0.600. The Kier molecular flexibility index (Phi) is 7.14. The van der Waals surface area contributed by atoms with E-state index in [4.69, 9.17) is 10.5 Å². The van der Waals surface area contributed by atoms with Gasteiger partial charge < -0.3 is 10.5 Å². The first-order valence-electron chi connectivity index (χ1n) is 7.11. The van der Waals surface area contributed by atoms with Gasteiger partial charge in [0.05, 0.1) is 12.2 Å². The topological polar surface area (TPSA) is 38.5 Å². The van der Waals surface area contributed by atoms with Crippen molar-refractivity contribution in [2.45, 2.75) is 26.1 Å². The van der Waals surface area contributed by atoms with Gasteiger partial charge in [-0.25, -0.2) is 0 Å². The minimum atomic E-state index is -4.38. The van der Waals surface area contributed by atoms with Gasteiger partial charge in [0, 0.05) is 25.7 Å². The maximum absolute atomic E-state index is 13.0. The first-order chi connectivity index (χ1) is 9.90. The highest BCUT2D eigenvalue weighted by Gasteiger charge is 2.34. The summed E-state index contributed by atoms with van der Waals surface area (Å²) in [5.74, 6) is 0. The second kappa shape index (κ2) is 8.36. The van der Waals surface area contributed by atoms with E-state index in [9.17, 15) is 13.2 Å².